The van der Waals surface area contributed by atoms with Crippen molar-refractivity contribution >= 4 is 17.6 Å². The van der Waals surface area contributed by atoms with Gasteiger partial charge < -0.3 is 10.4 Å². The van der Waals surface area contributed by atoms with Crippen LogP contribution in [-0.2, 0) is 6.42 Å². The summed E-state index contributed by atoms with van der Waals surface area (Å²) < 4.78 is 0. The third-order valence-corrected chi connectivity index (χ3v) is 4.10. The zero-order valence-electron chi connectivity index (χ0n) is 13.2. The van der Waals surface area contributed by atoms with Crippen LogP contribution < -0.4 is 5.32 Å². The number of anilines is 1. The molecule has 5 nitrogen and oxygen atoms in total. The zero-order valence-corrected chi connectivity index (χ0v) is 14.0. The fraction of sp³-hybridized carbons (Fsp3) is 0.438. The minimum absolute atomic E-state index is 0.448. The fourth-order valence-electron chi connectivity index (χ4n) is 2.04. The Balaban J connectivity index is 2.21. The third-order valence-electron chi connectivity index (χ3n) is 3.19. The number of pyridine rings is 1. The Morgan fingerprint density at radius 2 is 2.00 bits per heavy atom. The summed E-state index contributed by atoms with van der Waals surface area (Å²) >= 11 is 1.62. The number of hydrogen-bond acceptors (Lipinski definition) is 6. The highest BCUT2D eigenvalue weighted by Gasteiger charge is 2.19. The molecule has 0 bridgehead atoms. The summed E-state index contributed by atoms with van der Waals surface area (Å²) in [6.07, 6.45) is 6.27. The Morgan fingerprint density at radius 3 is 2.64 bits per heavy atom. The van der Waals surface area contributed by atoms with Crippen molar-refractivity contribution in [1.29, 1.82) is 0 Å². The predicted octanol–water partition coefficient (Wildman–Crippen LogP) is 2.63. The maximum atomic E-state index is 10.3. The minimum Gasteiger partial charge on any atom is -0.387 e. The van der Waals surface area contributed by atoms with Gasteiger partial charge in [0.05, 0.1) is 5.60 Å². The monoisotopic (exact) mass is 318 g/mol. The molecule has 1 unspecified atom stereocenters. The van der Waals surface area contributed by atoms with Gasteiger partial charge in [-0.2, -0.15) is 11.8 Å². The standard InChI is InChI=1S/C16H22N4OS/c1-4-13-9-14(18-10-16(2,21)11-22-3)20-15(19-13)12-5-7-17-8-6-12/h5-9,21H,4,10-11H2,1-3H3,(H,18,19,20). The van der Waals surface area contributed by atoms with Crippen LogP contribution in [0.3, 0.4) is 0 Å². The number of aliphatic hydroxyl groups is 1. The molecule has 22 heavy (non-hydrogen) atoms. The highest BCUT2D eigenvalue weighted by molar-refractivity contribution is 7.98. The molecule has 1 atom stereocenters. The lowest BCUT2D eigenvalue weighted by atomic mass is 10.1. The van der Waals surface area contributed by atoms with Gasteiger partial charge >= 0.3 is 0 Å². The third kappa shape index (κ3) is 4.68. The van der Waals surface area contributed by atoms with Crippen molar-refractivity contribution in [1.82, 2.24) is 15.0 Å². The summed E-state index contributed by atoms with van der Waals surface area (Å²) in [6.45, 7) is 4.33. The van der Waals surface area contributed by atoms with Crippen molar-refractivity contribution < 1.29 is 5.11 Å². The molecule has 2 rings (SSSR count). The molecule has 0 amide bonds. The molecule has 0 spiro atoms. The van der Waals surface area contributed by atoms with Crippen LogP contribution in [0.5, 0.6) is 0 Å². The number of aromatic nitrogens is 3. The van der Waals surface area contributed by atoms with Crippen LogP contribution in [0.15, 0.2) is 30.6 Å². The second kappa shape index (κ2) is 7.56. The van der Waals surface area contributed by atoms with Gasteiger partial charge in [0.2, 0.25) is 0 Å². The molecule has 2 N–H and O–H groups in total. The van der Waals surface area contributed by atoms with Crippen molar-refractivity contribution in [2.45, 2.75) is 25.9 Å². The van der Waals surface area contributed by atoms with E-state index in [-0.39, 0.29) is 0 Å². The average Bonchev–Trinajstić information content (AvgIpc) is 2.53. The van der Waals surface area contributed by atoms with Gasteiger partial charge in [-0.3, -0.25) is 4.98 Å². The number of thioether (sulfide) groups is 1. The van der Waals surface area contributed by atoms with Crippen LogP contribution in [0.2, 0.25) is 0 Å². The van der Waals surface area contributed by atoms with Gasteiger partial charge in [-0.1, -0.05) is 6.92 Å². The molecule has 0 aliphatic carbocycles. The first-order valence-corrected chi connectivity index (χ1v) is 8.67. The van der Waals surface area contributed by atoms with E-state index < -0.39 is 5.60 Å². The number of hydrogen-bond donors (Lipinski definition) is 2. The van der Waals surface area contributed by atoms with Gasteiger partial charge in [-0.15, -0.1) is 0 Å². The van der Waals surface area contributed by atoms with Crippen molar-refractivity contribution in [3.63, 3.8) is 0 Å². The Labute approximate surface area is 135 Å². The van der Waals surface area contributed by atoms with E-state index in [9.17, 15) is 5.11 Å². The molecule has 0 saturated heterocycles. The fourth-order valence-corrected chi connectivity index (χ4v) is 2.77. The molecule has 2 aromatic heterocycles. The maximum Gasteiger partial charge on any atom is 0.161 e. The number of rotatable bonds is 7. The van der Waals surface area contributed by atoms with E-state index in [1.807, 2.05) is 31.4 Å². The summed E-state index contributed by atoms with van der Waals surface area (Å²) in [7, 11) is 0. The van der Waals surface area contributed by atoms with Gasteiger partial charge in [0, 0.05) is 42.0 Å². The van der Waals surface area contributed by atoms with Gasteiger partial charge in [0.1, 0.15) is 5.82 Å². The molecular formula is C16H22N4OS. The summed E-state index contributed by atoms with van der Waals surface area (Å²) in [5.74, 6) is 2.08. The van der Waals surface area contributed by atoms with Crippen molar-refractivity contribution in [2.75, 3.05) is 23.9 Å². The lowest BCUT2D eigenvalue weighted by molar-refractivity contribution is 0.0996. The molecular weight excluding hydrogens is 296 g/mol. The van der Waals surface area contributed by atoms with Gasteiger partial charge in [0.25, 0.3) is 0 Å². The van der Waals surface area contributed by atoms with E-state index in [0.29, 0.717) is 18.1 Å². The highest BCUT2D eigenvalue weighted by atomic mass is 32.2. The molecule has 0 saturated carbocycles. The molecule has 0 aliphatic rings. The zero-order chi connectivity index (χ0) is 16.0. The molecule has 2 aromatic rings. The minimum atomic E-state index is -0.770. The molecule has 118 valence electrons. The van der Waals surface area contributed by atoms with E-state index >= 15 is 0 Å². The van der Waals surface area contributed by atoms with Gasteiger partial charge in [-0.25, -0.2) is 9.97 Å². The topological polar surface area (TPSA) is 70.9 Å². The quantitative estimate of drug-likeness (QED) is 0.818. The average molecular weight is 318 g/mol. The van der Waals surface area contributed by atoms with E-state index in [0.717, 1.165) is 23.5 Å². The van der Waals surface area contributed by atoms with E-state index in [4.69, 9.17) is 0 Å². The number of nitrogens with zero attached hydrogens (tertiary/aromatic N) is 3. The summed E-state index contributed by atoms with van der Waals surface area (Å²) in [5.41, 5.74) is 1.13. The van der Waals surface area contributed by atoms with E-state index in [2.05, 4.69) is 27.2 Å². The highest BCUT2D eigenvalue weighted by Crippen LogP contribution is 2.18. The predicted molar refractivity (Wildman–Crippen MR) is 92.1 cm³/mol. The van der Waals surface area contributed by atoms with E-state index in [1.54, 1.807) is 24.2 Å². The summed E-state index contributed by atoms with van der Waals surface area (Å²) in [4.78, 5) is 13.1. The first-order chi connectivity index (χ1) is 10.5. The van der Waals surface area contributed by atoms with Gasteiger partial charge in [0.15, 0.2) is 5.82 Å². The van der Waals surface area contributed by atoms with Crippen LogP contribution in [0, 0.1) is 0 Å². The Morgan fingerprint density at radius 1 is 1.27 bits per heavy atom. The lowest BCUT2D eigenvalue weighted by Crippen LogP contribution is -2.36. The second-order valence-electron chi connectivity index (χ2n) is 5.44. The van der Waals surface area contributed by atoms with Crippen LogP contribution in [0.1, 0.15) is 19.5 Å². The van der Waals surface area contributed by atoms with Gasteiger partial charge in [-0.05, 0) is 31.7 Å². The van der Waals surface area contributed by atoms with Crippen molar-refractivity contribution in [3.8, 4) is 11.4 Å². The molecule has 2 heterocycles. The molecule has 6 heteroatoms. The van der Waals surface area contributed by atoms with Crippen molar-refractivity contribution in [3.05, 3.63) is 36.3 Å². The number of nitrogens with one attached hydrogen (secondary N) is 1. The first-order valence-electron chi connectivity index (χ1n) is 7.27. The Kier molecular flexibility index (Phi) is 5.74. The lowest BCUT2D eigenvalue weighted by Gasteiger charge is -2.23. The Hall–Kier alpha value is -1.66. The van der Waals surface area contributed by atoms with Crippen LogP contribution in [0.25, 0.3) is 11.4 Å². The smallest absolute Gasteiger partial charge is 0.161 e. The second-order valence-corrected chi connectivity index (χ2v) is 6.31. The van der Waals surface area contributed by atoms with E-state index in [1.165, 1.54) is 0 Å². The number of aryl methyl sites for hydroxylation is 1. The SMILES string of the molecule is CCc1cc(NCC(C)(O)CSC)nc(-c2ccncc2)n1. The van der Waals surface area contributed by atoms with Crippen LogP contribution in [0.4, 0.5) is 5.82 Å². The Bertz CT molecular complexity index is 604. The molecule has 0 fully saturated rings. The van der Waals surface area contributed by atoms with Crippen LogP contribution in [-0.4, -0.2) is 44.2 Å². The summed E-state index contributed by atoms with van der Waals surface area (Å²) in [5, 5.41) is 13.5. The molecule has 0 radical (unpaired) electrons. The largest absolute Gasteiger partial charge is 0.387 e. The normalized spacial score (nSPS) is 13.6. The molecule has 0 aromatic carbocycles. The maximum absolute atomic E-state index is 10.3. The molecule has 0 aliphatic heterocycles. The summed E-state index contributed by atoms with van der Waals surface area (Å²) in [6, 6.07) is 5.71. The van der Waals surface area contributed by atoms with Crippen molar-refractivity contribution in [2.24, 2.45) is 0 Å². The first kappa shape index (κ1) is 16.7. The van der Waals surface area contributed by atoms with Crippen LogP contribution >= 0.6 is 11.8 Å².